The molecule has 1 rings (SSSR count). The lowest BCUT2D eigenvalue weighted by atomic mass is 9.94. The molecule has 15 heavy (non-hydrogen) atoms. The highest BCUT2D eigenvalue weighted by Crippen LogP contribution is 2.30. The Morgan fingerprint density at radius 1 is 1.47 bits per heavy atom. The summed E-state index contributed by atoms with van der Waals surface area (Å²) in [7, 11) is 0. The van der Waals surface area contributed by atoms with Crippen LogP contribution >= 0.6 is 11.6 Å². The third kappa shape index (κ3) is 3.25. The molecule has 3 heteroatoms. The Kier molecular flexibility index (Phi) is 5.20. The Hall–Kier alpha value is -0.470. The van der Waals surface area contributed by atoms with Crippen LogP contribution in [-0.4, -0.2) is 6.54 Å². The van der Waals surface area contributed by atoms with Crippen LogP contribution in [0, 0.1) is 5.92 Å². The molecule has 0 bridgehead atoms. The highest BCUT2D eigenvalue weighted by atomic mass is 35.5. The van der Waals surface area contributed by atoms with Crippen molar-refractivity contribution in [1.29, 1.82) is 0 Å². The smallest absolute Gasteiger partial charge is 0.197 e. The van der Waals surface area contributed by atoms with Gasteiger partial charge in [0.1, 0.15) is 0 Å². The van der Waals surface area contributed by atoms with Crippen molar-refractivity contribution < 1.29 is 4.42 Å². The van der Waals surface area contributed by atoms with Crippen molar-refractivity contribution in [2.24, 2.45) is 5.92 Å². The summed E-state index contributed by atoms with van der Waals surface area (Å²) in [6, 6.07) is 2.27. The van der Waals surface area contributed by atoms with Crippen molar-refractivity contribution in [3.8, 4) is 0 Å². The second-order valence-electron chi connectivity index (χ2n) is 3.97. The summed E-state index contributed by atoms with van der Waals surface area (Å²) in [6.45, 7) is 7.60. The lowest BCUT2D eigenvalue weighted by molar-refractivity contribution is 0.374. The monoisotopic (exact) mass is 229 g/mol. The molecule has 2 atom stereocenters. The van der Waals surface area contributed by atoms with E-state index >= 15 is 0 Å². The number of rotatable bonds is 6. The van der Waals surface area contributed by atoms with Gasteiger partial charge in [-0.05, 0) is 36.6 Å². The first-order valence-electron chi connectivity index (χ1n) is 5.66. The lowest BCUT2D eigenvalue weighted by Gasteiger charge is -2.23. The van der Waals surface area contributed by atoms with E-state index < -0.39 is 0 Å². The number of hydrogen-bond donors (Lipinski definition) is 1. The number of nitrogens with one attached hydrogen (secondary N) is 1. The van der Waals surface area contributed by atoms with Gasteiger partial charge in [0.05, 0.1) is 6.26 Å². The van der Waals surface area contributed by atoms with Gasteiger partial charge in [0.25, 0.3) is 0 Å². The minimum atomic E-state index is 0.307. The minimum Gasteiger partial charge on any atom is -0.453 e. The van der Waals surface area contributed by atoms with Crippen LogP contribution in [0.25, 0.3) is 0 Å². The van der Waals surface area contributed by atoms with Crippen LogP contribution < -0.4 is 5.32 Å². The molecule has 1 aromatic rings. The van der Waals surface area contributed by atoms with E-state index in [9.17, 15) is 0 Å². The number of hydrogen-bond acceptors (Lipinski definition) is 2. The third-order valence-electron chi connectivity index (χ3n) is 2.81. The summed E-state index contributed by atoms with van der Waals surface area (Å²) in [5.74, 6) is 0.562. The van der Waals surface area contributed by atoms with Gasteiger partial charge in [-0.3, -0.25) is 0 Å². The minimum absolute atomic E-state index is 0.307. The molecule has 2 unspecified atom stereocenters. The topological polar surface area (TPSA) is 25.2 Å². The summed E-state index contributed by atoms with van der Waals surface area (Å²) in [5, 5.41) is 4.04. The lowest BCUT2D eigenvalue weighted by Crippen LogP contribution is -2.27. The van der Waals surface area contributed by atoms with Crippen LogP contribution in [0.15, 0.2) is 16.7 Å². The Bertz CT molecular complexity index is 285. The van der Waals surface area contributed by atoms with Crippen LogP contribution in [0.3, 0.4) is 0 Å². The Morgan fingerprint density at radius 3 is 2.67 bits per heavy atom. The van der Waals surface area contributed by atoms with Crippen molar-refractivity contribution >= 4 is 11.6 Å². The van der Waals surface area contributed by atoms with Crippen molar-refractivity contribution in [1.82, 2.24) is 5.32 Å². The molecule has 1 heterocycles. The maximum Gasteiger partial charge on any atom is 0.197 e. The van der Waals surface area contributed by atoms with Gasteiger partial charge in [-0.1, -0.05) is 27.2 Å². The molecular weight excluding hydrogens is 210 g/mol. The van der Waals surface area contributed by atoms with Crippen molar-refractivity contribution in [2.75, 3.05) is 6.54 Å². The first kappa shape index (κ1) is 12.6. The molecular formula is C12H20ClNO. The summed E-state index contributed by atoms with van der Waals surface area (Å²) >= 11 is 6.01. The van der Waals surface area contributed by atoms with Gasteiger partial charge in [0, 0.05) is 11.6 Å². The van der Waals surface area contributed by atoms with Crippen LogP contribution in [0.5, 0.6) is 0 Å². The average molecular weight is 230 g/mol. The second kappa shape index (κ2) is 6.19. The van der Waals surface area contributed by atoms with Gasteiger partial charge in [-0.2, -0.15) is 0 Å². The van der Waals surface area contributed by atoms with Crippen LogP contribution in [0.2, 0.25) is 5.22 Å². The predicted octanol–water partition coefficient (Wildman–Crippen LogP) is 4.02. The number of halogens is 1. The van der Waals surface area contributed by atoms with E-state index in [-0.39, 0.29) is 0 Å². The summed E-state index contributed by atoms with van der Waals surface area (Å²) < 4.78 is 5.15. The molecule has 2 nitrogen and oxygen atoms in total. The molecule has 0 fully saturated rings. The molecule has 0 aliphatic rings. The number of furan rings is 1. The van der Waals surface area contributed by atoms with Gasteiger partial charge < -0.3 is 9.73 Å². The third-order valence-corrected chi connectivity index (χ3v) is 3.12. The normalized spacial score (nSPS) is 15.2. The van der Waals surface area contributed by atoms with Crippen LogP contribution in [0.1, 0.15) is 45.2 Å². The van der Waals surface area contributed by atoms with Gasteiger partial charge in [-0.15, -0.1) is 0 Å². The molecule has 1 aromatic heterocycles. The first-order chi connectivity index (χ1) is 7.20. The molecule has 0 aromatic carbocycles. The largest absolute Gasteiger partial charge is 0.453 e. The molecule has 0 radical (unpaired) electrons. The highest BCUT2D eigenvalue weighted by Gasteiger charge is 2.21. The van der Waals surface area contributed by atoms with E-state index in [0.29, 0.717) is 17.2 Å². The summed E-state index contributed by atoms with van der Waals surface area (Å²) in [6.07, 6.45) is 3.91. The fourth-order valence-electron chi connectivity index (χ4n) is 1.68. The molecule has 0 aliphatic carbocycles. The molecule has 86 valence electrons. The van der Waals surface area contributed by atoms with Crippen molar-refractivity contribution in [3.05, 3.63) is 23.1 Å². The molecule has 0 aliphatic heterocycles. The fraction of sp³-hybridized carbons (Fsp3) is 0.667. The summed E-state index contributed by atoms with van der Waals surface area (Å²) in [4.78, 5) is 0. The molecule has 1 N–H and O–H groups in total. The van der Waals surface area contributed by atoms with E-state index in [1.807, 2.05) is 6.07 Å². The van der Waals surface area contributed by atoms with E-state index in [2.05, 4.69) is 26.1 Å². The molecule has 0 spiro atoms. The average Bonchev–Trinajstić information content (AvgIpc) is 2.65. The van der Waals surface area contributed by atoms with E-state index in [1.54, 1.807) is 6.26 Å². The van der Waals surface area contributed by atoms with Crippen molar-refractivity contribution in [2.45, 2.75) is 39.7 Å². The Labute approximate surface area is 97.0 Å². The van der Waals surface area contributed by atoms with Crippen LogP contribution in [0.4, 0.5) is 0 Å². The van der Waals surface area contributed by atoms with E-state index in [0.717, 1.165) is 24.9 Å². The first-order valence-corrected chi connectivity index (χ1v) is 6.04. The predicted molar refractivity (Wildman–Crippen MR) is 64.2 cm³/mol. The van der Waals surface area contributed by atoms with E-state index in [4.69, 9.17) is 16.0 Å². The second-order valence-corrected chi connectivity index (χ2v) is 4.31. The quantitative estimate of drug-likeness (QED) is 0.797. The standard InChI is InChI=1S/C12H20ClNO/c1-4-7-14-11(9(3)5-2)10-6-8-15-12(10)13/h6,8-9,11,14H,4-5,7H2,1-3H3. The zero-order chi connectivity index (χ0) is 11.3. The summed E-state index contributed by atoms with van der Waals surface area (Å²) in [5.41, 5.74) is 1.08. The van der Waals surface area contributed by atoms with Gasteiger partial charge in [0.2, 0.25) is 0 Å². The maximum absolute atomic E-state index is 6.01. The molecule has 0 amide bonds. The van der Waals surface area contributed by atoms with Crippen LogP contribution in [-0.2, 0) is 0 Å². The maximum atomic E-state index is 6.01. The van der Waals surface area contributed by atoms with Gasteiger partial charge in [-0.25, -0.2) is 0 Å². The fourth-order valence-corrected chi connectivity index (χ4v) is 1.91. The zero-order valence-electron chi connectivity index (χ0n) is 9.72. The molecule has 0 saturated carbocycles. The van der Waals surface area contributed by atoms with E-state index in [1.165, 1.54) is 0 Å². The van der Waals surface area contributed by atoms with Crippen molar-refractivity contribution in [3.63, 3.8) is 0 Å². The van der Waals surface area contributed by atoms with Gasteiger partial charge in [0.15, 0.2) is 5.22 Å². The van der Waals surface area contributed by atoms with Gasteiger partial charge >= 0.3 is 0 Å². The Balaban J connectivity index is 2.76. The molecule has 0 saturated heterocycles. The SMILES string of the molecule is CCCNC(c1ccoc1Cl)C(C)CC. The highest BCUT2D eigenvalue weighted by molar-refractivity contribution is 6.29. The Morgan fingerprint density at radius 2 is 2.20 bits per heavy atom. The zero-order valence-corrected chi connectivity index (χ0v) is 10.5.